The third-order valence-corrected chi connectivity index (χ3v) is 3.13. The number of nitrogens with zero attached hydrogens (tertiary/aromatic N) is 1. The standard InChI is InChI=1S/C11H13BrN2O.ClH/c12-9-3-1-8(2-4-9)11(15)14-6-5-10(13)7-14;/h1-4,10H,5-7,13H2;1H. The number of hydrogen-bond acceptors (Lipinski definition) is 2. The number of amides is 1. The van der Waals surface area contributed by atoms with Crippen LogP contribution >= 0.6 is 28.3 Å². The number of nitrogens with two attached hydrogens (primary N) is 1. The number of rotatable bonds is 1. The van der Waals surface area contributed by atoms with E-state index >= 15 is 0 Å². The molecular formula is C11H14BrClN2O. The van der Waals surface area contributed by atoms with E-state index in [4.69, 9.17) is 5.73 Å². The Morgan fingerprint density at radius 1 is 1.38 bits per heavy atom. The number of benzene rings is 1. The highest BCUT2D eigenvalue weighted by atomic mass is 79.9. The van der Waals surface area contributed by atoms with Crippen LogP contribution < -0.4 is 5.73 Å². The molecule has 0 saturated carbocycles. The van der Waals surface area contributed by atoms with Crippen molar-refractivity contribution in [2.24, 2.45) is 5.73 Å². The van der Waals surface area contributed by atoms with Crippen molar-refractivity contribution in [3.63, 3.8) is 0 Å². The molecule has 1 fully saturated rings. The van der Waals surface area contributed by atoms with Gasteiger partial charge < -0.3 is 10.6 Å². The van der Waals surface area contributed by atoms with Gasteiger partial charge in [-0.05, 0) is 30.7 Å². The molecule has 0 aliphatic carbocycles. The minimum Gasteiger partial charge on any atom is -0.337 e. The fourth-order valence-electron chi connectivity index (χ4n) is 1.75. The van der Waals surface area contributed by atoms with Crippen molar-refractivity contribution < 1.29 is 4.79 Å². The molecule has 0 spiro atoms. The Bertz CT molecular complexity index is 369. The van der Waals surface area contributed by atoms with Gasteiger partial charge >= 0.3 is 0 Å². The molecule has 0 radical (unpaired) electrons. The van der Waals surface area contributed by atoms with E-state index < -0.39 is 0 Å². The predicted molar refractivity (Wildman–Crippen MR) is 69.9 cm³/mol. The monoisotopic (exact) mass is 304 g/mol. The Balaban J connectivity index is 0.00000128. The molecule has 1 aromatic rings. The topological polar surface area (TPSA) is 46.3 Å². The van der Waals surface area contributed by atoms with Gasteiger partial charge in [-0.3, -0.25) is 4.79 Å². The van der Waals surface area contributed by atoms with Crippen LogP contribution in [0.2, 0.25) is 0 Å². The van der Waals surface area contributed by atoms with Crippen LogP contribution in [0, 0.1) is 0 Å². The first-order valence-corrected chi connectivity index (χ1v) is 5.76. The molecule has 3 nitrogen and oxygen atoms in total. The van der Waals surface area contributed by atoms with Gasteiger partial charge in [0.2, 0.25) is 0 Å². The number of carbonyl (C=O) groups is 1. The van der Waals surface area contributed by atoms with Crippen LogP contribution in [0.25, 0.3) is 0 Å². The third-order valence-electron chi connectivity index (χ3n) is 2.60. The van der Waals surface area contributed by atoms with E-state index in [2.05, 4.69) is 15.9 Å². The van der Waals surface area contributed by atoms with Gasteiger partial charge in [0.25, 0.3) is 5.91 Å². The second-order valence-electron chi connectivity index (χ2n) is 3.81. The van der Waals surface area contributed by atoms with Gasteiger partial charge in [-0.1, -0.05) is 15.9 Å². The van der Waals surface area contributed by atoms with Gasteiger partial charge in [0.05, 0.1) is 0 Å². The first-order chi connectivity index (χ1) is 7.16. The Morgan fingerprint density at radius 3 is 2.50 bits per heavy atom. The second-order valence-corrected chi connectivity index (χ2v) is 4.72. The van der Waals surface area contributed by atoms with E-state index in [0.717, 1.165) is 23.0 Å². The summed E-state index contributed by atoms with van der Waals surface area (Å²) in [5, 5.41) is 0. The zero-order chi connectivity index (χ0) is 10.8. The molecule has 1 aliphatic rings. The molecule has 5 heteroatoms. The zero-order valence-electron chi connectivity index (χ0n) is 8.73. The maximum Gasteiger partial charge on any atom is 0.253 e. The van der Waals surface area contributed by atoms with Crippen LogP contribution in [0.1, 0.15) is 16.8 Å². The lowest BCUT2D eigenvalue weighted by atomic mass is 10.2. The summed E-state index contributed by atoms with van der Waals surface area (Å²) in [7, 11) is 0. The molecule has 1 heterocycles. The van der Waals surface area contributed by atoms with Crippen LogP contribution in [0.5, 0.6) is 0 Å². The van der Waals surface area contributed by atoms with Crippen LogP contribution in [0.15, 0.2) is 28.7 Å². The molecular weight excluding hydrogens is 291 g/mol. The van der Waals surface area contributed by atoms with Crippen molar-refractivity contribution in [3.8, 4) is 0 Å². The summed E-state index contributed by atoms with van der Waals surface area (Å²) < 4.78 is 0.983. The van der Waals surface area contributed by atoms with Crippen LogP contribution in [-0.2, 0) is 0 Å². The predicted octanol–water partition coefficient (Wildman–Crippen LogP) is 2.04. The summed E-state index contributed by atoms with van der Waals surface area (Å²) in [6, 6.07) is 7.56. The molecule has 1 aliphatic heterocycles. The first-order valence-electron chi connectivity index (χ1n) is 4.97. The van der Waals surface area contributed by atoms with E-state index in [1.807, 2.05) is 29.2 Å². The lowest BCUT2D eigenvalue weighted by Crippen LogP contribution is -2.31. The van der Waals surface area contributed by atoms with Crippen molar-refractivity contribution in [3.05, 3.63) is 34.3 Å². The van der Waals surface area contributed by atoms with E-state index in [9.17, 15) is 4.79 Å². The molecule has 16 heavy (non-hydrogen) atoms. The Hall–Kier alpha value is -0.580. The summed E-state index contributed by atoms with van der Waals surface area (Å²) in [6.07, 6.45) is 0.905. The first kappa shape index (κ1) is 13.5. The van der Waals surface area contributed by atoms with Gasteiger partial charge in [0, 0.05) is 29.2 Å². The summed E-state index contributed by atoms with van der Waals surface area (Å²) in [6.45, 7) is 1.45. The van der Waals surface area contributed by atoms with E-state index in [1.165, 1.54) is 0 Å². The average Bonchev–Trinajstić information content (AvgIpc) is 2.65. The fraction of sp³-hybridized carbons (Fsp3) is 0.364. The Labute approximate surface area is 110 Å². The highest BCUT2D eigenvalue weighted by molar-refractivity contribution is 9.10. The maximum atomic E-state index is 12.0. The van der Waals surface area contributed by atoms with Crippen molar-refractivity contribution in [1.82, 2.24) is 4.90 Å². The molecule has 1 amide bonds. The van der Waals surface area contributed by atoms with Crippen molar-refractivity contribution in [2.45, 2.75) is 12.5 Å². The van der Waals surface area contributed by atoms with Crippen LogP contribution in [0.4, 0.5) is 0 Å². The van der Waals surface area contributed by atoms with Gasteiger partial charge in [0.15, 0.2) is 0 Å². The normalized spacial score (nSPS) is 19.4. The lowest BCUT2D eigenvalue weighted by Gasteiger charge is -2.15. The molecule has 1 unspecified atom stereocenters. The summed E-state index contributed by atoms with van der Waals surface area (Å²) in [5.74, 6) is 0.0791. The Morgan fingerprint density at radius 2 is 2.00 bits per heavy atom. The minimum atomic E-state index is 0. The SMILES string of the molecule is Cl.NC1CCN(C(=O)c2ccc(Br)cc2)C1. The fourth-order valence-corrected chi connectivity index (χ4v) is 2.01. The number of halogens is 2. The van der Waals surface area contributed by atoms with E-state index in [-0.39, 0.29) is 24.4 Å². The highest BCUT2D eigenvalue weighted by Crippen LogP contribution is 2.15. The molecule has 1 aromatic carbocycles. The quantitative estimate of drug-likeness (QED) is 0.863. The molecule has 2 rings (SSSR count). The van der Waals surface area contributed by atoms with Crippen molar-refractivity contribution in [2.75, 3.05) is 13.1 Å². The van der Waals surface area contributed by atoms with E-state index in [0.29, 0.717) is 6.54 Å². The molecule has 2 N–H and O–H groups in total. The maximum absolute atomic E-state index is 12.0. The van der Waals surface area contributed by atoms with Crippen molar-refractivity contribution >= 4 is 34.2 Å². The molecule has 0 bridgehead atoms. The number of likely N-dealkylation sites (tertiary alicyclic amines) is 1. The summed E-state index contributed by atoms with van der Waals surface area (Å²) in [4.78, 5) is 13.8. The van der Waals surface area contributed by atoms with Crippen LogP contribution in [-0.4, -0.2) is 29.9 Å². The summed E-state index contributed by atoms with van der Waals surface area (Å²) in [5.41, 5.74) is 6.49. The van der Waals surface area contributed by atoms with Crippen LogP contribution in [0.3, 0.4) is 0 Å². The lowest BCUT2D eigenvalue weighted by molar-refractivity contribution is 0.0791. The van der Waals surface area contributed by atoms with Gasteiger partial charge in [-0.25, -0.2) is 0 Å². The smallest absolute Gasteiger partial charge is 0.253 e. The second kappa shape index (κ2) is 5.66. The summed E-state index contributed by atoms with van der Waals surface area (Å²) >= 11 is 3.34. The highest BCUT2D eigenvalue weighted by Gasteiger charge is 2.24. The molecule has 1 atom stereocenters. The molecule has 1 saturated heterocycles. The van der Waals surface area contributed by atoms with Crippen molar-refractivity contribution in [1.29, 1.82) is 0 Å². The Kier molecular flexibility index (Phi) is 4.77. The number of carbonyl (C=O) groups excluding carboxylic acids is 1. The van der Waals surface area contributed by atoms with Gasteiger partial charge in [-0.15, -0.1) is 12.4 Å². The molecule has 88 valence electrons. The minimum absolute atomic E-state index is 0. The largest absolute Gasteiger partial charge is 0.337 e. The third kappa shape index (κ3) is 2.97. The number of hydrogen-bond donors (Lipinski definition) is 1. The zero-order valence-corrected chi connectivity index (χ0v) is 11.1. The van der Waals surface area contributed by atoms with Gasteiger partial charge in [0.1, 0.15) is 0 Å². The average molecular weight is 306 g/mol. The van der Waals surface area contributed by atoms with Gasteiger partial charge in [-0.2, -0.15) is 0 Å². The molecule has 0 aromatic heterocycles. The van der Waals surface area contributed by atoms with E-state index in [1.54, 1.807) is 0 Å².